The molecule has 2 heterocycles. The molecular weight excluding hydrogens is 396 g/mol. The Morgan fingerprint density at radius 3 is 2.55 bits per heavy atom. The van der Waals surface area contributed by atoms with Gasteiger partial charge < -0.3 is 10.1 Å². The summed E-state index contributed by atoms with van der Waals surface area (Å²) in [6.07, 6.45) is 4.07. The Morgan fingerprint density at radius 1 is 1.23 bits per heavy atom. The first-order chi connectivity index (χ1) is 14.8. The summed E-state index contributed by atoms with van der Waals surface area (Å²) in [7, 11) is 0. The van der Waals surface area contributed by atoms with E-state index in [2.05, 4.69) is 10.4 Å². The molecule has 2 aromatic rings. The number of hydrogen-bond acceptors (Lipinski definition) is 5. The minimum absolute atomic E-state index is 0.0644. The highest BCUT2D eigenvalue weighted by atomic mass is 16.5. The fourth-order valence-corrected chi connectivity index (χ4v) is 4.40. The van der Waals surface area contributed by atoms with Gasteiger partial charge in [-0.3, -0.25) is 19.2 Å². The molecule has 4 rings (SSSR count). The fraction of sp³-hybridized carbons (Fsp3) is 0.478. The largest absolute Gasteiger partial charge is 0.461 e. The van der Waals surface area contributed by atoms with Crippen LogP contribution in [-0.2, 0) is 16.1 Å². The molecule has 164 valence electrons. The van der Waals surface area contributed by atoms with Gasteiger partial charge in [-0.05, 0) is 45.7 Å². The molecule has 8 heteroatoms. The molecule has 1 aromatic carbocycles. The van der Waals surface area contributed by atoms with Crippen molar-refractivity contribution in [1.82, 2.24) is 15.1 Å². The first-order valence-corrected chi connectivity index (χ1v) is 10.8. The second-order valence-electron chi connectivity index (χ2n) is 8.50. The van der Waals surface area contributed by atoms with Crippen LogP contribution in [-0.4, -0.2) is 45.8 Å². The summed E-state index contributed by atoms with van der Waals surface area (Å²) in [4.78, 5) is 40.8. The number of aromatic nitrogens is 2. The molecule has 1 aliphatic carbocycles. The third kappa shape index (κ3) is 3.82. The highest BCUT2D eigenvalue weighted by Crippen LogP contribution is 2.33. The lowest BCUT2D eigenvalue weighted by atomic mass is 9.93. The van der Waals surface area contributed by atoms with Crippen molar-refractivity contribution >= 4 is 23.5 Å². The van der Waals surface area contributed by atoms with E-state index in [0.717, 1.165) is 31.2 Å². The van der Waals surface area contributed by atoms with Crippen molar-refractivity contribution < 1.29 is 19.1 Å². The number of nitrogens with zero attached hydrogens (tertiary/aromatic N) is 3. The molecule has 31 heavy (non-hydrogen) atoms. The predicted molar refractivity (Wildman–Crippen MR) is 115 cm³/mol. The van der Waals surface area contributed by atoms with Gasteiger partial charge in [0.1, 0.15) is 11.2 Å². The molecule has 1 atom stereocenters. The van der Waals surface area contributed by atoms with E-state index in [1.165, 1.54) is 15.6 Å². The fourth-order valence-electron chi connectivity index (χ4n) is 4.40. The molecule has 0 unspecified atom stereocenters. The lowest BCUT2D eigenvalue weighted by Crippen LogP contribution is -2.65. The normalized spacial score (nSPS) is 21.1. The lowest BCUT2D eigenvalue weighted by molar-refractivity contribution is -0.127. The van der Waals surface area contributed by atoms with E-state index in [1.54, 1.807) is 13.8 Å². The number of anilines is 1. The predicted octanol–water partition coefficient (Wildman–Crippen LogP) is 2.85. The summed E-state index contributed by atoms with van der Waals surface area (Å²) in [5.74, 6) is -1.18. The van der Waals surface area contributed by atoms with Crippen LogP contribution in [0.15, 0.2) is 30.3 Å². The minimum Gasteiger partial charge on any atom is -0.461 e. The minimum atomic E-state index is -1.19. The Labute approximate surface area is 181 Å². The summed E-state index contributed by atoms with van der Waals surface area (Å²) in [5.41, 5.74) is 0.814. The van der Waals surface area contributed by atoms with Crippen LogP contribution >= 0.6 is 0 Å². The zero-order valence-electron chi connectivity index (χ0n) is 18.2. The third-order valence-electron chi connectivity index (χ3n) is 6.11. The van der Waals surface area contributed by atoms with Crippen LogP contribution in [0.3, 0.4) is 0 Å². The molecular formula is C23H28N4O4. The van der Waals surface area contributed by atoms with Gasteiger partial charge in [0.25, 0.3) is 5.91 Å². The van der Waals surface area contributed by atoms with Gasteiger partial charge in [0.15, 0.2) is 5.69 Å². The number of aryl methyl sites for hydroxylation is 1. The van der Waals surface area contributed by atoms with Crippen molar-refractivity contribution in [1.29, 1.82) is 0 Å². The standard InChI is InChI=1S/C23H28N4O4/c1-4-31-21(29)18-13-19-20(28)27(17-11-9-15(2)10-12-17)23(3,14-26(19)25-18)22(30)24-16-7-5-6-8-16/h9-13,16H,4-8,14H2,1-3H3,(H,24,30)/t23-/m1/s1. The number of hydrogen-bond donors (Lipinski definition) is 1. The Kier molecular flexibility index (Phi) is 5.56. The van der Waals surface area contributed by atoms with Crippen molar-refractivity contribution in [3.8, 4) is 0 Å². The van der Waals surface area contributed by atoms with Gasteiger partial charge in [-0.1, -0.05) is 30.5 Å². The molecule has 2 aliphatic rings. The molecule has 1 aliphatic heterocycles. The van der Waals surface area contributed by atoms with E-state index in [-0.39, 0.29) is 42.4 Å². The third-order valence-corrected chi connectivity index (χ3v) is 6.11. The van der Waals surface area contributed by atoms with Crippen LogP contribution in [0.5, 0.6) is 0 Å². The molecule has 0 saturated heterocycles. The van der Waals surface area contributed by atoms with Gasteiger partial charge in [-0.2, -0.15) is 5.10 Å². The van der Waals surface area contributed by atoms with Gasteiger partial charge in [0.2, 0.25) is 5.91 Å². The number of esters is 1. The zero-order chi connectivity index (χ0) is 22.2. The van der Waals surface area contributed by atoms with Crippen molar-refractivity contribution in [2.75, 3.05) is 11.5 Å². The molecule has 0 spiro atoms. The monoisotopic (exact) mass is 424 g/mol. The average molecular weight is 425 g/mol. The maximum atomic E-state index is 13.6. The second kappa shape index (κ2) is 8.17. The zero-order valence-corrected chi connectivity index (χ0v) is 18.2. The number of carbonyl (C=O) groups is 3. The van der Waals surface area contributed by atoms with Crippen LogP contribution in [0.4, 0.5) is 5.69 Å². The maximum absolute atomic E-state index is 13.6. The van der Waals surface area contributed by atoms with Crippen LogP contribution < -0.4 is 10.2 Å². The molecule has 1 saturated carbocycles. The number of benzene rings is 1. The first-order valence-electron chi connectivity index (χ1n) is 10.8. The van der Waals surface area contributed by atoms with Gasteiger partial charge in [-0.15, -0.1) is 0 Å². The van der Waals surface area contributed by atoms with Crippen molar-refractivity contribution in [2.24, 2.45) is 0 Å². The lowest BCUT2D eigenvalue weighted by Gasteiger charge is -2.43. The van der Waals surface area contributed by atoms with E-state index >= 15 is 0 Å². The van der Waals surface area contributed by atoms with Gasteiger partial charge >= 0.3 is 5.97 Å². The molecule has 0 radical (unpaired) electrons. The summed E-state index contributed by atoms with van der Waals surface area (Å²) < 4.78 is 6.49. The number of nitrogens with one attached hydrogen (secondary N) is 1. The second-order valence-corrected chi connectivity index (χ2v) is 8.50. The Bertz CT molecular complexity index is 1010. The quantitative estimate of drug-likeness (QED) is 0.745. The van der Waals surface area contributed by atoms with E-state index in [0.29, 0.717) is 5.69 Å². The average Bonchev–Trinajstić information content (AvgIpc) is 3.39. The molecule has 1 aromatic heterocycles. The summed E-state index contributed by atoms with van der Waals surface area (Å²) >= 11 is 0. The van der Waals surface area contributed by atoms with E-state index < -0.39 is 11.5 Å². The van der Waals surface area contributed by atoms with Gasteiger partial charge in [0.05, 0.1) is 13.2 Å². The summed E-state index contributed by atoms with van der Waals surface area (Å²) in [5, 5.41) is 7.42. The number of rotatable bonds is 5. The first kappa shape index (κ1) is 21.1. The van der Waals surface area contributed by atoms with E-state index in [4.69, 9.17) is 4.74 Å². The Morgan fingerprint density at radius 2 is 1.90 bits per heavy atom. The number of carbonyl (C=O) groups excluding carboxylic acids is 3. The van der Waals surface area contributed by atoms with E-state index in [9.17, 15) is 14.4 Å². The van der Waals surface area contributed by atoms with Gasteiger partial charge in [-0.25, -0.2) is 4.79 Å². The molecule has 2 amide bonds. The van der Waals surface area contributed by atoms with Crippen LogP contribution in [0.2, 0.25) is 0 Å². The van der Waals surface area contributed by atoms with E-state index in [1.807, 2.05) is 31.2 Å². The topological polar surface area (TPSA) is 93.5 Å². The Balaban J connectivity index is 1.75. The highest BCUT2D eigenvalue weighted by molar-refractivity contribution is 6.12. The molecule has 0 bridgehead atoms. The number of ether oxygens (including phenoxy) is 1. The van der Waals surface area contributed by atoms with Gasteiger partial charge in [0, 0.05) is 17.8 Å². The smallest absolute Gasteiger partial charge is 0.358 e. The Hall–Kier alpha value is -3.16. The van der Waals surface area contributed by atoms with Crippen molar-refractivity contribution in [3.05, 3.63) is 47.3 Å². The SMILES string of the molecule is CCOC(=O)c1cc2n(n1)C[C@](C)(C(=O)NC1CCCC1)N(c1ccc(C)cc1)C2=O. The van der Waals surface area contributed by atoms with Crippen LogP contribution in [0.25, 0.3) is 0 Å². The molecule has 8 nitrogen and oxygen atoms in total. The van der Waals surface area contributed by atoms with Crippen LogP contribution in [0, 0.1) is 6.92 Å². The van der Waals surface area contributed by atoms with Crippen molar-refractivity contribution in [2.45, 2.75) is 64.6 Å². The number of amides is 2. The summed E-state index contributed by atoms with van der Waals surface area (Å²) in [6, 6.07) is 9.06. The van der Waals surface area contributed by atoms with Crippen LogP contribution in [0.1, 0.15) is 66.1 Å². The number of fused-ring (bicyclic) bond motifs is 1. The van der Waals surface area contributed by atoms with Crippen molar-refractivity contribution in [3.63, 3.8) is 0 Å². The summed E-state index contributed by atoms with van der Waals surface area (Å²) in [6.45, 7) is 5.78. The molecule has 1 fully saturated rings. The highest BCUT2D eigenvalue weighted by Gasteiger charge is 2.49. The maximum Gasteiger partial charge on any atom is 0.358 e. The molecule has 1 N–H and O–H groups in total.